The lowest BCUT2D eigenvalue weighted by Crippen LogP contribution is -2.29. The summed E-state index contributed by atoms with van der Waals surface area (Å²) >= 11 is 0. The van der Waals surface area contributed by atoms with Crippen LogP contribution < -0.4 is 15.0 Å². The molecule has 3 aromatic rings. The van der Waals surface area contributed by atoms with E-state index in [-0.39, 0.29) is 0 Å². The highest BCUT2D eigenvalue weighted by Gasteiger charge is 2.14. The van der Waals surface area contributed by atoms with Crippen LogP contribution in [0.3, 0.4) is 0 Å². The van der Waals surface area contributed by atoms with Gasteiger partial charge >= 0.3 is 0 Å². The number of anilines is 3. The summed E-state index contributed by atoms with van der Waals surface area (Å²) in [6, 6.07) is 26.5. The van der Waals surface area contributed by atoms with Gasteiger partial charge in [-0.1, -0.05) is 36.4 Å². The molecule has 3 aromatic carbocycles. The molecule has 0 radical (unpaired) electrons. The third-order valence-electron chi connectivity index (χ3n) is 4.69. The topological polar surface area (TPSA) is 24.5 Å². The van der Waals surface area contributed by atoms with Gasteiger partial charge in [0.05, 0.1) is 11.4 Å². The monoisotopic (exact) mass is 344 g/mol. The Labute approximate surface area is 155 Å². The van der Waals surface area contributed by atoms with Gasteiger partial charge in [-0.15, -0.1) is 0 Å². The van der Waals surface area contributed by atoms with Crippen molar-refractivity contribution in [1.82, 2.24) is 0 Å². The fourth-order valence-electron chi connectivity index (χ4n) is 3.41. The Morgan fingerprint density at radius 3 is 2.27 bits per heavy atom. The van der Waals surface area contributed by atoms with Crippen molar-refractivity contribution in [2.75, 3.05) is 23.3 Å². The molecule has 1 aliphatic heterocycles. The lowest BCUT2D eigenvalue weighted by atomic mass is 10.1. The van der Waals surface area contributed by atoms with Gasteiger partial charge in [-0.2, -0.15) is 0 Å². The van der Waals surface area contributed by atoms with Crippen LogP contribution in [0, 0.1) is 0 Å². The van der Waals surface area contributed by atoms with Crippen molar-refractivity contribution in [3.8, 4) is 11.5 Å². The van der Waals surface area contributed by atoms with Gasteiger partial charge in [0.2, 0.25) is 0 Å². The number of hydrogen-bond donors (Lipinski definition) is 1. The maximum atomic E-state index is 5.95. The Kier molecular flexibility index (Phi) is 5.06. The molecule has 0 spiro atoms. The predicted octanol–water partition coefficient (Wildman–Crippen LogP) is 6.21. The first kappa shape index (κ1) is 16.5. The molecule has 1 saturated heterocycles. The van der Waals surface area contributed by atoms with Crippen LogP contribution in [0.4, 0.5) is 17.1 Å². The number of ether oxygens (including phenoxy) is 1. The van der Waals surface area contributed by atoms with Crippen LogP contribution in [0.25, 0.3) is 0 Å². The zero-order chi connectivity index (χ0) is 17.6. The molecule has 0 atom stereocenters. The first-order chi connectivity index (χ1) is 12.9. The molecule has 3 heteroatoms. The number of hydrogen-bond acceptors (Lipinski definition) is 3. The summed E-state index contributed by atoms with van der Waals surface area (Å²) in [7, 11) is 0. The van der Waals surface area contributed by atoms with Crippen molar-refractivity contribution in [2.24, 2.45) is 0 Å². The minimum Gasteiger partial charge on any atom is -0.457 e. The van der Waals surface area contributed by atoms with Crippen LogP contribution in [0.5, 0.6) is 11.5 Å². The molecule has 132 valence electrons. The second-order valence-corrected chi connectivity index (χ2v) is 6.63. The normalized spacial score (nSPS) is 14.1. The Balaban J connectivity index is 1.53. The Morgan fingerprint density at radius 2 is 1.42 bits per heavy atom. The SMILES string of the molecule is c1ccc(Oc2cccc(Nc3ccccc3N3CCCCC3)c2)cc1. The molecular weight excluding hydrogens is 320 g/mol. The number of nitrogens with zero attached hydrogens (tertiary/aromatic N) is 1. The quantitative estimate of drug-likeness (QED) is 0.595. The van der Waals surface area contributed by atoms with Crippen molar-refractivity contribution in [3.63, 3.8) is 0 Å². The van der Waals surface area contributed by atoms with Gasteiger partial charge in [0.25, 0.3) is 0 Å². The van der Waals surface area contributed by atoms with Gasteiger partial charge in [-0.3, -0.25) is 0 Å². The zero-order valence-corrected chi connectivity index (χ0v) is 14.9. The minimum absolute atomic E-state index is 0.830. The van der Waals surface area contributed by atoms with E-state index in [2.05, 4.69) is 40.5 Å². The molecule has 0 amide bonds. The maximum Gasteiger partial charge on any atom is 0.129 e. The number of para-hydroxylation sites is 3. The van der Waals surface area contributed by atoms with E-state index in [1.54, 1.807) is 0 Å². The summed E-state index contributed by atoms with van der Waals surface area (Å²) in [5.41, 5.74) is 3.45. The van der Waals surface area contributed by atoms with Crippen molar-refractivity contribution < 1.29 is 4.74 Å². The fraction of sp³-hybridized carbons (Fsp3) is 0.217. The van der Waals surface area contributed by atoms with Gasteiger partial charge in [-0.05, 0) is 55.7 Å². The lowest BCUT2D eigenvalue weighted by molar-refractivity contribution is 0.483. The van der Waals surface area contributed by atoms with E-state index in [0.29, 0.717) is 0 Å². The molecule has 0 saturated carbocycles. The molecule has 0 aromatic heterocycles. The molecule has 4 rings (SSSR count). The van der Waals surface area contributed by atoms with Crippen LogP contribution in [0.2, 0.25) is 0 Å². The van der Waals surface area contributed by atoms with Crippen LogP contribution in [-0.4, -0.2) is 13.1 Å². The highest BCUT2D eigenvalue weighted by molar-refractivity contribution is 5.75. The van der Waals surface area contributed by atoms with Gasteiger partial charge in [-0.25, -0.2) is 0 Å². The van der Waals surface area contributed by atoms with E-state index in [0.717, 1.165) is 36.0 Å². The maximum absolute atomic E-state index is 5.95. The van der Waals surface area contributed by atoms with Gasteiger partial charge in [0, 0.05) is 24.8 Å². The second-order valence-electron chi connectivity index (χ2n) is 6.63. The number of rotatable bonds is 5. The number of benzene rings is 3. The molecule has 26 heavy (non-hydrogen) atoms. The first-order valence-corrected chi connectivity index (χ1v) is 9.32. The van der Waals surface area contributed by atoms with Crippen LogP contribution in [0.1, 0.15) is 19.3 Å². The van der Waals surface area contributed by atoms with Gasteiger partial charge < -0.3 is 15.0 Å². The summed E-state index contributed by atoms with van der Waals surface area (Å²) in [6.07, 6.45) is 3.88. The number of nitrogens with one attached hydrogen (secondary N) is 1. The zero-order valence-electron chi connectivity index (χ0n) is 14.9. The summed E-state index contributed by atoms with van der Waals surface area (Å²) in [6.45, 7) is 2.27. The van der Waals surface area contributed by atoms with Gasteiger partial charge in [0.1, 0.15) is 11.5 Å². The largest absolute Gasteiger partial charge is 0.457 e. The highest BCUT2D eigenvalue weighted by atomic mass is 16.5. The highest BCUT2D eigenvalue weighted by Crippen LogP contribution is 2.32. The van der Waals surface area contributed by atoms with Crippen molar-refractivity contribution in [2.45, 2.75) is 19.3 Å². The summed E-state index contributed by atoms with van der Waals surface area (Å²) in [4.78, 5) is 2.48. The van der Waals surface area contributed by atoms with Crippen LogP contribution in [-0.2, 0) is 0 Å². The average molecular weight is 344 g/mol. The standard InChI is InChI=1S/C23H24N2O/c1-3-11-20(12-4-1)26-21-13-9-10-19(18-21)24-22-14-5-6-15-23(22)25-16-7-2-8-17-25/h1,3-6,9-15,18,24H,2,7-8,16-17H2. The number of piperidine rings is 1. The molecule has 1 aliphatic rings. The Hall–Kier alpha value is -2.94. The molecule has 0 bridgehead atoms. The van der Waals surface area contributed by atoms with Crippen molar-refractivity contribution in [3.05, 3.63) is 78.9 Å². The molecule has 3 nitrogen and oxygen atoms in total. The summed E-state index contributed by atoms with van der Waals surface area (Å²) in [5, 5.41) is 3.57. The Morgan fingerprint density at radius 1 is 0.692 bits per heavy atom. The van der Waals surface area contributed by atoms with Crippen LogP contribution in [0.15, 0.2) is 78.9 Å². The molecule has 0 aliphatic carbocycles. The predicted molar refractivity (Wildman–Crippen MR) is 109 cm³/mol. The van der Waals surface area contributed by atoms with Crippen LogP contribution >= 0.6 is 0 Å². The van der Waals surface area contributed by atoms with E-state index < -0.39 is 0 Å². The third-order valence-corrected chi connectivity index (χ3v) is 4.69. The molecule has 1 fully saturated rings. The molecule has 1 heterocycles. The lowest BCUT2D eigenvalue weighted by Gasteiger charge is -2.30. The molecular formula is C23H24N2O. The van der Waals surface area contributed by atoms with E-state index in [1.807, 2.05) is 48.5 Å². The van der Waals surface area contributed by atoms with E-state index in [1.165, 1.54) is 24.9 Å². The summed E-state index contributed by atoms with van der Waals surface area (Å²) in [5.74, 6) is 1.68. The van der Waals surface area contributed by atoms with Crippen molar-refractivity contribution >= 4 is 17.1 Å². The Bertz CT molecular complexity index is 842. The average Bonchev–Trinajstić information content (AvgIpc) is 2.70. The van der Waals surface area contributed by atoms with Gasteiger partial charge in [0.15, 0.2) is 0 Å². The third kappa shape index (κ3) is 3.99. The van der Waals surface area contributed by atoms with E-state index >= 15 is 0 Å². The first-order valence-electron chi connectivity index (χ1n) is 9.32. The molecule has 0 unspecified atom stereocenters. The molecule has 1 N–H and O–H groups in total. The fourth-order valence-corrected chi connectivity index (χ4v) is 3.41. The van der Waals surface area contributed by atoms with E-state index in [4.69, 9.17) is 4.74 Å². The van der Waals surface area contributed by atoms with E-state index in [9.17, 15) is 0 Å². The minimum atomic E-state index is 0.830. The summed E-state index contributed by atoms with van der Waals surface area (Å²) < 4.78 is 5.95. The second kappa shape index (κ2) is 7.96. The van der Waals surface area contributed by atoms with Crippen molar-refractivity contribution in [1.29, 1.82) is 0 Å². The smallest absolute Gasteiger partial charge is 0.129 e.